The number of benzene rings is 1. The SMILES string of the molecule is O=S(=O)(c1ccccc1)c1cc(Nc2nc3c(s2)CCCC3)nc(N[C@H]2CC[C@H](O)CC2)c1. The number of aliphatic hydroxyl groups excluding tert-OH is 1. The second kappa shape index (κ2) is 9.40. The molecule has 1 saturated carbocycles. The Labute approximate surface area is 198 Å². The number of aliphatic hydroxyl groups is 1. The molecule has 0 amide bonds. The molecule has 2 aromatic heterocycles. The largest absolute Gasteiger partial charge is 0.393 e. The highest BCUT2D eigenvalue weighted by atomic mass is 32.2. The lowest BCUT2D eigenvalue weighted by Gasteiger charge is -2.26. The summed E-state index contributed by atoms with van der Waals surface area (Å²) in [6, 6.07) is 11.8. The van der Waals surface area contributed by atoms with Gasteiger partial charge in [0.05, 0.1) is 21.6 Å². The van der Waals surface area contributed by atoms with Crippen LogP contribution in [0.2, 0.25) is 0 Å². The highest BCUT2D eigenvalue weighted by Gasteiger charge is 2.23. The number of fused-ring (bicyclic) bond motifs is 1. The van der Waals surface area contributed by atoms with Gasteiger partial charge < -0.3 is 15.7 Å². The molecule has 3 aromatic rings. The Morgan fingerprint density at radius 3 is 2.39 bits per heavy atom. The van der Waals surface area contributed by atoms with E-state index in [0.717, 1.165) is 55.8 Å². The van der Waals surface area contributed by atoms with E-state index in [1.165, 1.54) is 11.3 Å². The number of hydrogen-bond donors (Lipinski definition) is 3. The van der Waals surface area contributed by atoms with Crippen LogP contribution in [0.3, 0.4) is 0 Å². The molecular weight excluding hydrogens is 456 g/mol. The highest BCUT2D eigenvalue weighted by molar-refractivity contribution is 7.91. The molecule has 3 N–H and O–H groups in total. The van der Waals surface area contributed by atoms with Crippen molar-refractivity contribution in [3.05, 3.63) is 53.0 Å². The molecule has 7 nitrogen and oxygen atoms in total. The minimum Gasteiger partial charge on any atom is -0.393 e. The first kappa shape index (κ1) is 22.3. The summed E-state index contributed by atoms with van der Waals surface area (Å²) in [5, 5.41) is 17.2. The molecule has 2 aliphatic rings. The number of pyridine rings is 1. The third kappa shape index (κ3) is 5.05. The van der Waals surface area contributed by atoms with Crippen molar-refractivity contribution < 1.29 is 13.5 Å². The summed E-state index contributed by atoms with van der Waals surface area (Å²) in [5.74, 6) is 0.966. The first-order chi connectivity index (χ1) is 16.0. The van der Waals surface area contributed by atoms with E-state index in [1.807, 2.05) is 0 Å². The van der Waals surface area contributed by atoms with Crippen LogP contribution in [-0.2, 0) is 22.7 Å². The Morgan fingerprint density at radius 1 is 0.909 bits per heavy atom. The van der Waals surface area contributed by atoms with Crippen molar-refractivity contribution in [2.45, 2.75) is 73.3 Å². The quantitative estimate of drug-likeness (QED) is 0.465. The zero-order valence-corrected chi connectivity index (χ0v) is 20.0. The molecule has 1 aromatic carbocycles. The van der Waals surface area contributed by atoms with Gasteiger partial charge in [-0.1, -0.05) is 18.2 Å². The molecule has 0 saturated heterocycles. The number of nitrogens with zero attached hydrogens (tertiary/aromatic N) is 2. The number of rotatable bonds is 6. The maximum Gasteiger partial charge on any atom is 0.206 e. The third-order valence-corrected chi connectivity index (χ3v) is 9.11. The lowest BCUT2D eigenvalue weighted by Crippen LogP contribution is -2.28. The van der Waals surface area contributed by atoms with E-state index in [2.05, 4.69) is 15.6 Å². The predicted molar refractivity (Wildman–Crippen MR) is 130 cm³/mol. The number of aromatic nitrogens is 2. The molecule has 0 atom stereocenters. The second-order valence-electron chi connectivity index (χ2n) is 8.76. The Kier molecular flexibility index (Phi) is 6.36. The van der Waals surface area contributed by atoms with Gasteiger partial charge in [-0.2, -0.15) is 0 Å². The highest BCUT2D eigenvalue weighted by Crippen LogP contribution is 2.33. The molecule has 5 rings (SSSR count). The minimum atomic E-state index is -3.71. The molecule has 0 spiro atoms. The van der Waals surface area contributed by atoms with Crippen LogP contribution in [0, 0.1) is 0 Å². The normalized spacial score (nSPS) is 20.8. The Morgan fingerprint density at radius 2 is 1.64 bits per heavy atom. The molecule has 2 aliphatic carbocycles. The van der Waals surface area contributed by atoms with Gasteiger partial charge in [0.2, 0.25) is 9.84 Å². The molecule has 1 fully saturated rings. The Hall–Kier alpha value is -2.49. The lowest BCUT2D eigenvalue weighted by atomic mass is 9.93. The third-order valence-electron chi connectivity index (χ3n) is 6.29. The summed E-state index contributed by atoms with van der Waals surface area (Å²) in [7, 11) is -3.71. The molecule has 33 heavy (non-hydrogen) atoms. The Bertz CT molecular complexity index is 1200. The van der Waals surface area contributed by atoms with Crippen LogP contribution < -0.4 is 10.6 Å². The molecule has 0 unspecified atom stereocenters. The van der Waals surface area contributed by atoms with Gasteiger partial charge in [0.1, 0.15) is 11.6 Å². The lowest BCUT2D eigenvalue weighted by molar-refractivity contribution is 0.126. The smallest absolute Gasteiger partial charge is 0.206 e. The van der Waals surface area contributed by atoms with Gasteiger partial charge in [-0.05, 0) is 69.6 Å². The van der Waals surface area contributed by atoms with Crippen LogP contribution in [0.25, 0.3) is 0 Å². The van der Waals surface area contributed by atoms with E-state index in [-0.39, 0.29) is 21.9 Å². The fraction of sp³-hybridized carbons (Fsp3) is 0.417. The van der Waals surface area contributed by atoms with Crippen molar-refractivity contribution in [2.24, 2.45) is 0 Å². The maximum atomic E-state index is 13.4. The number of anilines is 3. The maximum absolute atomic E-state index is 13.4. The van der Waals surface area contributed by atoms with E-state index < -0.39 is 9.84 Å². The van der Waals surface area contributed by atoms with Crippen molar-refractivity contribution >= 4 is 37.9 Å². The molecule has 0 aliphatic heterocycles. The van der Waals surface area contributed by atoms with Crippen molar-refractivity contribution in [2.75, 3.05) is 10.6 Å². The monoisotopic (exact) mass is 484 g/mol. The summed E-state index contributed by atoms with van der Waals surface area (Å²) >= 11 is 1.62. The topological polar surface area (TPSA) is 104 Å². The van der Waals surface area contributed by atoms with Crippen molar-refractivity contribution in [1.29, 1.82) is 0 Å². The number of nitrogens with one attached hydrogen (secondary N) is 2. The average molecular weight is 485 g/mol. The van der Waals surface area contributed by atoms with Crippen LogP contribution in [0.5, 0.6) is 0 Å². The minimum absolute atomic E-state index is 0.149. The molecule has 2 heterocycles. The molecule has 0 bridgehead atoms. The second-order valence-corrected chi connectivity index (χ2v) is 11.8. The first-order valence-electron chi connectivity index (χ1n) is 11.5. The fourth-order valence-electron chi connectivity index (χ4n) is 4.48. The van der Waals surface area contributed by atoms with Crippen LogP contribution in [0.1, 0.15) is 49.1 Å². The van der Waals surface area contributed by atoms with Crippen molar-refractivity contribution in [3.8, 4) is 0 Å². The van der Waals surface area contributed by atoms with Crippen LogP contribution in [0.15, 0.2) is 52.3 Å². The van der Waals surface area contributed by atoms with Crippen LogP contribution >= 0.6 is 11.3 Å². The molecule has 174 valence electrons. The number of aryl methyl sites for hydroxylation is 2. The van der Waals surface area contributed by atoms with Gasteiger partial charge in [-0.15, -0.1) is 11.3 Å². The summed E-state index contributed by atoms with van der Waals surface area (Å²) < 4.78 is 26.7. The standard InChI is InChI=1S/C24H28N4O3S2/c29-17-12-10-16(11-13-17)25-22-14-19(33(30,31)18-6-2-1-3-7-18)15-23(27-22)28-24-26-20-8-4-5-9-21(20)32-24/h1-3,6-7,14-17,29H,4-5,8-13H2,(H2,25,26,27,28)/t16-,17-. The van der Waals surface area contributed by atoms with Crippen LogP contribution in [0.4, 0.5) is 16.8 Å². The van der Waals surface area contributed by atoms with E-state index in [1.54, 1.807) is 53.8 Å². The number of thiazole rings is 1. The van der Waals surface area contributed by atoms with Crippen molar-refractivity contribution in [1.82, 2.24) is 9.97 Å². The average Bonchev–Trinajstić information content (AvgIpc) is 3.23. The van der Waals surface area contributed by atoms with E-state index in [9.17, 15) is 13.5 Å². The molecule has 0 radical (unpaired) electrons. The summed E-state index contributed by atoms with van der Waals surface area (Å²) in [4.78, 5) is 11.1. The zero-order chi connectivity index (χ0) is 22.8. The fourth-order valence-corrected chi connectivity index (χ4v) is 6.86. The van der Waals surface area contributed by atoms with E-state index in [4.69, 9.17) is 4.98 Å². The van der Waals surface area contributed by atoms with Gasteiger partial charge in [0, 0.05) is 17.0 Å². The summed E-state index contributed by atoms with van der Waals surface area (Å²) in [5.41, 5.74) is 1.14. The number of sulfone groups is 1. The van der Waals surface area contributed by atoms with Gasteiger partial charge in [-0.3, -0.25) is 0 Å². The molecule has 9 heteroatoms. The molecular formula is C24H28N4O3S2. The van der Waals surface area contributed by atoms with Gasteiger partial charge in [0.15, 0.2) is 5.13 Å². The zero-order valence-electron chi connectivity index (χ0n) is 18.3. The summed E-state index contributed by atoms with van der Waals surface area (Å²) in [6.07, 6.45) is 7.22. The van der Waals surface area contributed by atoms with E-state index in [0.29, 0.717) is 11.6 Å². The predicted octanol–water partition coefficient (Wildman–Crippen LogP) is 4.71. The summed E-state index contributed by atoms with van der Waals surface area (Å²) in [6.45, 7) is 0. The van der Waals surface area contributed by atoms with E-state index >= 15 is 0 Å². The first-order valence-corrected chi connectivity index (χ1v) is 13.8. The van der Waals surface area contributed by atoms with Gasteiger partial charge in [0.25, 0.3) is 0 Å². The van der Waals surface area contributed by atoms with Crippen LogP contribution in [-0.4, -0.2) is 35.6 Å². The van der Waals surface area contributed by atoms with Gasteiger partial charge in [-0.25, -0.2) is 18.4 Å². The number of hydrogen-bond acceptors (Lipinski definition) is 8. The van der Waals surface area contributed by atoms with Crippen molar-refractivity contribution in [3.63, 3.8) is 0 Å². The van der Waals surface area contributed by atoms with Gasteiger partial charge >= 0.3 is 0 Å². The Balaban J connectivity index is 1.48.